The van der Waals surface area contributed by atoms with Crippen LogP contribution in [0.5, 0.6) is 0 Å². The predicted octanol–water partition coefficient (Wildman–Crippen LogP) is -1.32. The van der Waals surface area contributed by atoms with Gasteiger partial charge in [-0.15, -0.1) is 0 Å². The number of rotatable bonds is 3. The molecular weight excluding hydrogens is 168 g/mol. The Labute approximate surface area is 68.4 Å². The number of hydrogen-bond donors (Lipinski definition) is 4. The van der Waals surface area contributed by atoms with Crippen molar-refractivity contribution in [1.82, 2.24) is 0 Å². The highest BCUT2D eigenvalue weighted by atomic mass is 16.4. The van der Waals surface area contributed by atoms with Crippen LogP contribution in [0.3, 0.4) is 0 Å². The van der Waals surface area contributed by atoms with Crippen LogP contribution < -0.4 is 0 Å². The summed E-state index contributed by atoms with van der Waals surface area (Å²) in [4.78, 5) is 19.1. The van der Waals surface area contributed by atoms with Gasteiger partial charge in [0.15, 0.2) is 0 Å². The largest absolute Gasteiger partial charge is 0.478 e. The van der Waals surface area contributed by atoms with Crippen LogP contribution in [-0.2, 0) is 9.59 Å². The number of carbonyl (C=O) groups is 2. The minimum atomic E-state index is -1.26. The van der Waals surface area contributed by atoms with E-state index in [1.807, 2.05) is 0 Å². The van der Waals surface area contributed by atoms with Crippen LogP contribution in [0.25, 0.3) is 0 Å². The van der Waals surface area contributed by atoms with Crippen molar-refractivity contribution in [2.24, 2.45) is 0 Å². The SMILES string of the molecule is O=C(O)/C=C\C(=O)O.OCCO. The normalized spacial score (nSPS) is 8.83. The molecule has 0 unspecified atom stereocenters. The Morgan fingerprint density at radius 2 is 1.17 bits per heavy atom. The summed E-state index contributed by atoms with van der Waals surface area (Å²) in [5.74, 6) is -2.51. The Morgan fingerprint density at radius 1 is 0.917 bits per heavy atom. The molecule has 0 heterocycles. The van der Waals surface area contributed by atoms with Crippen LogP contribution in [0.15, 0.2) is 12.2 Å². The van der Waals surface area contributed by atoms with Gasteiger partial charge in [-0.1, -0.05) is 0 Å². The van der Waals surface area contributed by atoms with Gasteiger partial charge in [0.05, 0.1) is 13.2 Å². The zero-order valence-electron chi connectivity index (χ0n) is 6.17. The summed E-state index contributed by atoms with van der Waals surface area (Å²) in [7, 11) is 0. The van der Waals surface area contributed by atoms with Crippen LogP contribution in [0.4, 0.5) is 0 Å². The highest BCUT2D eigenvalue weighted by molar-refractivity contribution is 5.89. The Kier molecular flexibility index (Phi) is 10.6. The van der Waals surface area contributed by atoms with Gasteiger partial charge in [-0.2, -0.15) is 0 Å². The molecule has 0 fully saturated rings. The summed E-state index contributed by atoms with van der Waals surface area (Å²) in [6.07, 6.45) is 1.12. The van der Waals surface area contributed by atoms with E-state index in [4.69, 9.17) is 20.4 Å². The van der Waals surface area contributed by atoms with E-state index >= 15 is 0 Å². The first-order chi connectivity index (χ1) is 5.54. The molecule has 6 heteroatoms. The predicted molar refractivity (Wildman–Crippen MR) is 38.6 cm³/mol. The lowest BCUT2D eigenvalue weighted by atomic mass is 10.5. The minimum Gasteiger partial charge on any atom is -0.478 e. The van der Waals surface area contributed by atoms with Crippen molar-refractivity contribution in [3.8, 4) is 0 Å². The highest BCUT2D eigenvalue weighted by Crippen LogP contribution is 1.70. The Hall–Kier alpha value is -1.40. The third-order valence-electron chi connectivity index (χ3n) is 0.468. The molecule has 0 aromatic carbocycles. The first-order valence-electron chi connectivity index (χ1n) is 2.90. The number of aliphatic hydroxyl groups excluding tert-OH is 2. The highest BCUT2D eigenvalue weighted by Gasteiger charge is 1.88. The molecule has 0 aromatic rings. The smallest absolute Gasteiger partial charge is 0.328 e. The number of carboxylic acids is 2. The van der Waals surface area contributed by atoms with Crippen molar-refractivity contribution in [3.05, 3.63) is 12.2 Å². The first-order valence-corrected chi connectivity index (χ1v) is 2.90. The molecule has 0 aliphatic rings. The molecule has 0 saturated heterocycles. The van der Waals surface area contributed by atoms with E-state index in [9.17, 15) is 9.59 Å². The number of aliphatic hydroxyl groups is 2. The van der Waals surface area contributed by atoms with Crippen molar-refractivity contribution in [3.63, 3.8) is 0 Å². The molecule has 0 radical (unpaired) electrons. The fraction of sp³-hybridized carbons (Fsp3) is 0.333. The van der Waals surface area contributed by atoms with E-state index in [2.05, 4.69) is 0 Å². The van der Waals surface area contributed by atoms with Crippen molar-refractivity contribution in [2.75, 3.05) is 13.2 Å². The number of carboxylic acid groups (broad SMARTS) is 2. The molecule has 0 atom stereocenters. The van der Waals surface area contributed by atoms with Crippen molar-refractivity contribution in [2.45, 2.75) is 0 Å². The summed E-state index contributed by atoms with van der Waals surface area (Å²) in [6.45, 7) is -0.250. The lowest BCUT2D eigenvalue weighted by Crippen LogP contribution is -1.91. The van der Waals surface area contributed by atoms with Crippen LogP contribution >= 0.6 is 0 Å². The molecule has 6 nitrogen and oxygen atoms in total. The van der Waals surface area contributed by atoms with E-state index in [0.717, 1.165) is 0 Å². The summed E-state index contributed by atoms with van der Waals surface area (Å²) >= 11 is 0. The molecule has 0 amide bonds. The van der Waals surface area contributed by atoms with Gasteiger partial charge in [0.25, 0.3) is 0 Å². The zero-order valence-corrected chi connectivity index (χ0v) is 6.17. The molecule has 4 N–H and O–H groups in total. The average Bonchev–Trinajstić information content (AvgIpc) is 2.01. The summed E-state index contributed by atoms with van der Waals surface area (Å²) in [5.41, 5.74) is 0. The molecule has 12 heavy (non-hydrogen) atoms. The van der Waals surface area contributed by atoms with E-state index in [0.29, 0.717) is 12.2 Å². The zero-order chi connectivity index (χ0) is 9.98. The van der Waals surface area contributed by atoms with Gasteiger partial charge in [0, 0.05) is 12.2 Å². The van der Waals surface area contributed by atoms with Gasteiger partial charge in [0.2, 0.25) is 0 Å². The second-order valence-corrected chi connectivity index (χ2v) is 1.46. The van der Waals surface area contributed by atoms with Gasteiger partial charge in [0.1, 0.15) is 0 Å². The molecule has 0 aromatic heterocycles. The lowest BCUT2D eigenvalue weighted by molar-refractivity contribution is -0.134. The van der Waals surface area contributed by atoms with Crippen LogP contribution in [0.2, 0.25) is 0 Å². The van der Waals surface area contributed by atoms with Gasteiger partial charge in [-0.05, 0) is 0 Å². The molecule has 0 saturated carbocycles. The molecule has 0 aliphatic heterocycles. The fourth-order valence-electron chi connectivity index (χ4n) is 0.143. The quantitative estimate of drug-likeness (QED) is 0.398. The standard InChI is InChI=1S/C4H4O4.C2H6O2/c5-3(6)1-2-4(7)8;3-1-2-4/h1-2H,(H,5,6)(H,7,8);3-4H,1-2H2/b2-1-;. The molecule has 0 spiro atoms. The third kappa shape index (κ3) is 23.5. The number of aliphatic carboxylic acids is 2. The van der Waals surface area contributed by atoms with E-state index in [1.54, 1.807) is 0 Å². The van der Waals surface area contributed by atoms with Crippen LogP contribution in [0.1, 0.15) is 0 Å². The van der Waals surface area contributed by atoms with Crippen molar-refractivity contribution < 1.29 is 30.0 Å². The second kappa shape index (κ2) is 9.60. The van der Waals surface area contributed by atoms with Crippen molar-refractivity contribution in [1.29, 1.82) is 0 Å². The minimum absolute atomic E-state index is 0.125. The number of hydrogen-bond acceptors (Lipinski definition) is 4. The maximum Gasteiger partial charge on any atom is 0.328 e. The van der Waals surface area contributed by atoms with E-state index < -0.39 is 11.9 Å². The van der Waals surface area contributed by atoms with Gasteiger partial charge >= 0.3 is 11.9 Å². The maximum absolute atomic E-state index is 9.55. The Morgan fingerprint density at radius 3 is 1.25 bits per heavy atom. The Bertz CT molecular complexity index is 143. The van der Waals surface area contributed by atoms with Crippen LogP contribution in [-0.4, -0.2) is 45.6 Å². The van der Waals surface area contributed by atoms with Crippen molar-refractivity contribution >= 4 is 11.9 Å². The molecular formula is C6H10O6. The second-order valence-electron chi connectivity index (χ2n) is 1.46. The lowest BCUT2D eigenvalue weighted by Gasteiger charge is -1.74. The topological polar surface area (TPSA) is 115 Å². The average molecular weight is 178 g/mol. The first kappa shape index (κ1) is 13.2. The van der Waals surface area contributed by atoms with E-state index in [-0.39, 0.29) is 13.2 Å². The summed E-state index contributed by atoms with van der Waals surface area (Å²) < 4.78 is 0. The molecule has 70 valence electrons. The van der Waals surface area contributed by atoms with Gasteiger partial charge < -0.3 is 20.4 Å². The van der Waals surface area contributed by atoms with Gasteiger partial charge in [-0.25, -0.2) is 9.59 Å². The monoisotopic (exact) mass is 178 g/mol. The summed E-state index contributed by atoms with van der Waals surface area (Å²) in [6, 6.07) is 0. The van der Waals surface area contributed by atoms with Gasteiger partial charge in [-0.3, -0.25) is 0 Å². The molecule has 0 aliphatic carbocycles. The van der Waals surface area contributed by atoms with E-state index in [1.165, 1.54) is 0 Å². The maximum atomic E-state index is 9.55. The fourth-order valence-corrected chi connectivity index (χ4v) is 0.143. The van der Waals surface area contributed by atoms with Crippen LogP contribution in [0, 0.1) is 0 Å². The Balaban J connectivity index is 0. The molecule has 0 rings (SSSR count). The molecule has 0 bridgehead atoms. The third-order valence-corrected chi connectivity index (χ3v) is 0.468. The summed E-state index contributed by atoms with van der Waals surface area (Å²) in [5, 5.41) is 30.9.